The number of nitrogens with zero attached hydrogens (tertiary/aromatic N) is 2. The van der Waals surface area contributed by atoms with Crippen molar-refractivity contribution in [2.75, 3.05) is 26.8 Å². The molecule has 3 saturated heterocycles. The zero-order valence-electron chi connectivity index (χ0n) is 17.0. The third kappa shape index (κ3) is 5.39. The third-order valence-corrected chi connectivity index (χ3v) is 5.86. The van der Waals surface area contributed by atoms with Crippen LogP contribution in [0.4, 0.5) is 4.79 Å². The lowest BCUT2D eigenvalue weighted by Crippen LogP contribution is -2.40. The quantitative estimate of drug-likeness (QED) is 0.740. The molecule has 29 heavy (non-hydrogen) atoms. The second kappa shape index (κ2) is 8.19. The van der Waals surface area contributed by atoms with Crippen LogP contribution in [0.1, 0.15) is 27.2 Å². The van der Waals surface area contributed by atoms with Gasteiger partial charge in [-0.2, -0.15) is 13.5 Å². The number of sulfonamides is 1. The van der Waals surface area contributed by atoms with E-state index in [2.05, 4.69) is 9.93 Å². The van der Waals surface area contributed by atoms with Crippen LogP contribution < -0.4 is 9.57 Å². The lowest BCUT2D eigenvalue weighted by Gasteiger charge is -2.26. The summed E-state index contributed by atoms with van der Waals surface area (Å²) in [5.41, 5.74) is 0.0817. The second-order valence-electron chi connectivity index (χ2n) is 8.12. The van der Waals surface area contributed by atoms with Gasteiger partial charge >= 0.3 is 6.09 Å². The molecule has 0 saturated carbocycles. The first kappa shape index (κ1) is 21.4. The molecule has 4 rings (SSSR count). The Labute approximate surface area is 171 Å². The Morgan fingerprint density at radius 3 is 2.55 bits per heavy atom. The number of carbonyl (C=O) groups excluding carboxylic acids is 1. The molecule has 3 aliphatic heterocycles. The van der Waals surface area contributed by atoms with Crippen LogP contribution in [-0.2, 0) is 19.5 Å². The lowest BCUT2D eigenvalue weighted by molar-refractivity contribution is 0.0146. The Morgan fingerprint density at radius 2 is 1.93 bits per heavy atom. The van der Waals surface area contributed by atoms with Gasteiger partial charge in [0.1, 0.15) is 11.4 Å². The van der Waals surface area contributed by atoms with Crippen molar-refractivity contribution in [2.24, 2.45) is 11.0 Å². The van der Waals surface area contributed by atoms with Gasteiger partial charge in [0.15, 0.2) is 0 Å². The van der Waals surface area contributed by atoms with Crippen molar-refractivity contribution in [1.82, 2.24) is 9.73 Å². The largest absolute Gasteiger partial charge is 0.497 e. The van der Waals surface area contributed by atoms with E-state index in [0.717, 1.165) is 0 Å². The summed E-state index contributed by atoms with van der Waals surface area (Å²) >= 11 is 0. The van der Waals surface area contributed by atoms with Crippen LogP contribution in [0.2, 0.25) is 0 Å². The first-order valence-electron chi connectivity index (χ1n) is 9.39. The van der Waals surface area contributed by atoms with E-state index in [0.29, 0.717) is 37.6 Å². The van der Waals surface area contributed by atoms with Crippen LogP contribution in [0.5, 0.6) is 5.75 Å². The number of carbonyl (C=O) groups is 1. The molecule has 0 radical (unpaired) electrons. The zero-order chi connectivity index (χ0) is 21.2. The minimum atomic E-state index is -3.81. The topological polar surface area (TPSA) is 107 Å². The molecule has 1 aromatic rings. The molecule has 3 heterocycles. The van der Waals surface area contributed by atoms with Crippen molar-refractivity contribution >= 4 is 21.8 Å². The van der Waals surface area contributed by atoms with E-state index in [1.807, 2.05) is 20.8 Å². The van der Waals surface area contributed by atoms with Gasteiger partial charge < -0.3 is 19.1 Å². The predicted molar refractivity (Wildman–Crippen MR) is 106 cm³/mol. The highest BCUT2D eigenvalue weighted by molar-refractivity contribution is 7.89. The van der Waals surface area contributed by atoms with Gasteiger partial charge in [-0.25, -0.2) is 9.63 Å². The molecule has 3 fully saturated rings. The molecule has 10 heteroatoms. The molecular formula is C19H27N3O6S. The standard InChI is InChI=1S/C19H27N3O6S/c1-19(2,3)28-18(23)22-10-13-12-27-15(11-22)9-17(13)20-21-29(24,25)16-7-5-14(26-4)6-8-16/h5-8,13,15,21H,9-12H2,1-4H3/b20-17-. The molecule has 160 valence electrons. The number of rotatable bonds is 4. The van der Waals surface area contributed by atoms with Crippen LogP contribution in [0.3, 0.4) is 0 Å². The maximum Gasteiger partial charge on any atom is 0.410 e. The van der Waals surface area contributed by atoms with Crippen molar-refractivity contribution in [3.8, 4) is 5.75 Å². The van der Waals surface area contributed by atoms with E-state index in [9.17, 15) is 13.2 Å². The molecule has 2 bridgehead atoms. The number of methoxy groups -OCH3 is 1. The highest BCUT2D eigenvalue weighted by Gasteiger charge is 2.38. The van der Waals surface area contributed by atoms with Crippen LogP contribution in [0, 0.1) is 5.92 Å². The average Bonchev–Trinajstić information content (AvgIpc) is 2.97. The van der Waals surface area contributed by atoms with E-state index >= 15 is 0 Å². The molecule has 2 unspecified atom stereocenters. The molecule has 1 aromatic carbocycles. The summed E-state index contributed by atoms with van der Waals surface area (Å²) in [7, 11) is -2.29. The molecule has 3 aliphatic rings. The fourth-order valence-corrected chi connectivity index (χ4v) is 4.05. The summed E-state index contributed by atoms with van der Waals surface area (Å²) in [5, 5.41) is 4.17. The maximum absolute atomic E-state index is 12.5. The highest BCUT2D eigenvalue weighted by Crippen LogP contribution is 2.25. The van der Waals surface area contributed by atoms with Crippen LogP contribution in [-0.4, -0.2) is 63.6 Å². The number of nitrogens with one attached hydrogen (secondary N) is 1. The van der Waals surface area contributed by atoms with Gasteiger partial charge in [-0.1, -0.05) is 0 Å². The number of fused-ring (bicyclic) bond motifs is 4. The number of amides is 1. The minimum Gasteiger partial charge on any atom is -0.497 e. The van der Waals surface area contributed by atoms with E-state index in [1.165, 1.54) is 19.2 Å². The summed E-state index contributed by atoms with van der Waals surface area (Å²) in [6.45, 7) is 6.58. The molecule has 1 amide bonds. The number of hydrogen-bond acceptors (Lipinski definition) is 7. The first-order chi connectivity index (χ1) is 13.6. The summed E-state index contributed by atoms with van der Waals surface area (Å²) < 4.78 is 41.3. The molecule has 0 aliphatic carbocycles. The summed E-state index contributed by atoms with van der Waals surface area (Å²) in [5.74, 6) is 0.371. The molecular weight excluding hydrogens is 398 g/mol. The predicted octanol–water partition coefficient (Wildman–Crippen LogP) is 1.99. The Balaban J connectivity index is 1.71. The summed E-state index contributed by atoms with van der Waals surface area (Å²) in [6, 6.07) is 6.05. The van der Waals surface area contributed by atoms with Gasteiger partial charge in [0.2, 0.25) is 0 Å². The fraction of sp³-hybridized carbons (Fsp3) is 0.579. The zero-order valence-corrected chi connectivity index (χ0v) is 17.9. The van der Waals surface area contributed by atoms with Crippen molar-refractivity contribution in [1.29, 1.82) is 0 Å². The summed E-state index contributed by atoms with van der Waals surface area (Å²) in [4.78, 5) is 16.4. The second-order valence-corrected chi connectivity index (χ2v) is 9.78. The molecule has 0 spiro atoms. The van der Waals surface area contributed by atoms with Crippen LogP contribution in [0.15, 0.2) is 34.3 Å². The number of hydrogen-bond donors (Lipinski definition) is 1. The van der Waals surface area contributed by atoms with Crippen LogP contribution >= 0.6 is 0 Å². The van der Waals surface area contributed by atoms with Crippen LogP contribution in [0.25, 0.3) is 0 Å². The normalized spacial score (nSPS) is 23.6. The number of benzene rings is 1. The fourth-order valence-electron chi connectivity index (χ4n) is 3.21. The van der Waals surface area contributed by atoms with Crippen molar-refractivity contribution in [2.45, 2.75) is 43.8 Å². The Morgan fingerprint density at radius 1 is 1.24 bits per heavy atom. The maximum atomic E-state index is 12.5. The lowest BCUT2D eigenvalue weighted by atomic mass is 9.98. The van der Waals surface area contributed by atoms with Gasteiger partial charge in [0.05, 0.1) is 31.3 Å². The van der Waals surface area contributed by atoms with E-state index in [-0.39, 0.29) is 16.9 Å². The van der Waals surface area contributed by atoms with Gasteiger partial charge in [-0.05, 0) is 45.0 Å². The third-order valence-electron chi connectivity index (χ3n) is 4.64. The minimum absolute atomic E-state index is 0.0908. The molecule has 1 N–H and O–H groups in total. The van der Waals surface area contributed by atoms with Gasteiger partial charge in [-0.15, -0.1) is 0 Å². The Hall–Kier alpha value is -2.33. The number of ether oxygens (including phenoxy) is 3. The smallest absolute Gasteiger partial charge is 0.410 e. The monoisotopic (exact) mass is 425 g/mol. The van der Waals surface area contributed by atoms with Gasteiger partial charge in [0, 0.05) is 24.6 Å². The van der Waals surface area contributed by atoms with Crippen molar-refractivity contribution in [3.63, 3.8) is 0 Å². The van der Waals surface area contributed by atoms with E-state index in [1.54, 1.807) is 17.0 Å². The molecule has 9 nitrogen and oxygen atoms in total. The number of hydrazone groups is 1. The summed E-state index contributed by atoms with van der Waals surface area (Å²) in [6.07, 6.45) is -0.196. The van der Waals surface area contributed by atoms with E-state index < -0.39 is 21.7 Å². The molecule has 2 atom stereocenters. The van der Waals surface area contributed by atoms with Gasteiger partial charge in [0.25, 0.3) is 10.0 Å². The Bertz CT molecular complexity index is 876. The van der Waals surface area contributed by atoms with Gasteiger partial charge in [-0.3, -0.25) is 0 Å². The highest BCUT2D eigenvalue weighted by atomic mass is 32.2. The van der Waals surface area contributed by atoms with E-state index in [4.69, 9.17) is 14.2 Å². The SMILES string of the molecule is COc1ccc(S(=O)(=O)N/N=C2/CC3CN(C(=O)OC(C)(C)C)CC2CO3)cc1. The Kier molecular flexibility index (Phi) is 6.04. The average molecular weight is 426 g/mol. The van der Waals surface area contributed by atoms with Crippen molar-refractivity contribution < 1.29 is 27.4 Å². The molecule has 0 aromatic heterocycles. The first-order valence-corrected chi connectivity index (χ1v) is 10.9. The van der Waals surface area contributed by atoms with Crippen molar-refractivity contribution in [3.05, 3.63) is 24.3 Å².